The highest BCUT2D eigenvalue weighted by atomic mass is 127. The molecule has 54 heavy (non-hydrogen) atoms. The number of halogens is 1. The quantitative estimate of drug-likeness (QED) is 0.132. The van der Waals surface area contributed by atoms with Gasteiger partial charge in [0.1, 0.15) is 0 Å². The van der Waals surface area contributed by atoms with E-state index in [1.54, 1.807) is 0 Å². The molecule has 1 nitrogen and oxygen atoms in total. The first kappa shape index (κ1) is 34.6. The molecule has 0 heterocycles. The molecular weight excluding hydrogens is 765 g/mol. The number of nitrogens with zero attached hydrogens (tertiary/aromatic N) is 1. The maximum absolute atomic E-state index is 2.47. The maximum Gasteiger partial charge on any atom is 0.0676 e. The summed E-state index contributed by atoms with van der Waals surface area (Å²) in [5, 5.41) is 0. The molecule has 0 fully saturated rings. The zero-order valence-electron chi connectivity index (χ0n) is 31.0. The van der Waals surface area contributed by atoms with Crippen LogP contribution in [0.5, 0.6) is 0 Å². The van der Waals surface area contributed by atoms with Crippen LogP contribution in [0.15, 0.2) is 185 Å². The second kappa shape index (κ2) is 14.2. The molecule has 0 bridgehead atoms. The molecule has 0 N–H and O–H groups in total. The summed E-state index contributed by atoms with van der Waals surface area (Å²) in [6.07, 6.45) is 13.7. The smallest absolute Gasteiger partial charge is 0.0676 e. The van der Waals surface area contributed by atoms with E-state index in [2.05, 4.69) is 221 Å². The molecule has 6 aromatic carbocycles. The third-order valence-corrected chi connectivity index (χ3v) is 12.5. The largest absolute Gasteiger partial charge is 0.310 e. The Balaban J connectivity index is 1.22. The van der Waals surface area contributed by atoms with Crippen LogP contribution in [0.4, 0.5) is 17.1 Å². The highest BCUT2D eigenvalue weighted by Gasteiger charge is 2.47. The van der Waals surface area contributed by atoms with E-state index in [0.29, 0.717) is 0 Å². The minimum absolute atomic E-state index is 0.0389. The number of fused-ring (bicyclic) bond motifs is 3. The zero-order valence-corrected chi connectivity index (χ0v) is 33.1. The van der Waals surface area contributed by atoms with Crippen molar-refractivity contribution in [2.24, 2.45) is 0 Å². The lowest BCUT2D eigenvalue weighted by Crippen LogP contribution is -2.30. The highest BCUT2D eigenvalue weighted by molar-refractivity contribution is 14.1. The fraction of sp³-hybridized carbons (Fsp3) is 0.154. The van der Waals surface area contributed by atoms with E-state index in [1.807, 2.05) is 0 Å². The van der Waals surface area contributed by atoms with Crippen LogP contribution in [-0.4, -0.2) is 0 Å². The Morgan fingerprint density at radius 3 is 1.94 bits per heavy atom. The molecule has 0 aliphatic heterocycles. The molecule has 0 amide bonds. The van der Waals surface area contributed by atoms with Crippen molar-refractivity contribution >= 4 is 51.3 Å². The van der Waals surface area contributed by atoms with Gasteiger partial charge in [-0.25, -0.2) is 0 Å². The normalized spacial score (nSPS) is 16.2. The van der Waals surface area contributed by atoms with Crippen molar-refractivity contribution in [3.05, 3.63) is 218 Å². The SMILES string of the molecule is CC1(C)C(CC/C=C\I)=Cc2ccc(N(c3ccc(-c4ccccc4)cc3)c3ccc4c(c3)C3=C(CCC=C3)C4(c3ccccc3)c3ccccc3)cc21. The highest BCUT2D eigenvalue weighted by Crippen LogP contribution is 2.58. The first-order chi connectivity index (χ1) is 26.5. The van der Waals surface area contributed by atoms with Gasteiger partial charge in [0.25, 0.3) is 0 Å². The number of hydrogen-bond acceptors (Lipinski definition) is 1. The van der Waals surface area contributed by atoms with Crippen molar-refractivity contribution in [2.45, 2.75) is 50.4 Å². The van der Waals surface area contributed by atoms with Crippen LogP contribution in [0.1, 0.15) is 72.9 Å². The topological polar surface area (TPSA) is 3.24 Å². The van der Waals surface area contributed by atoms with Crippen molar-refractivity contribution in [1.82, 2.24) is 0 Å². The van der Waals surface area contributed by atoms with Crippen LogP contribution < -0.4 is 4.90 Å². The van der Waals surface area contributed by atoms with Gasteiger partial charge in [-0.2, -0.15) is 0 Å². The van der Waals surface area contributed by atoms with Crippen molar-refractivity contribution in [3.8, 4) is 11.1 Å². The van der Waals surface area contributed by atoms with Gasteiger partial charge in [-0.15, -0.1) is 0 Å². The van der Waals surface area contributed by atoms with Crippen LogP contribution in [0.3, 0.4) is 0 Å². The Kier molecular flexibility index (Phi) is 9.11. The molecule has 0 aromatic heterocycles. The molecule has 0 unspecified atom stereocenters. The van der Waals surface area contributed by atoms with Crippen molar-refractivity contribution in [3.63, 3.8) is 0 Å². The third kappa shape index (κ3) is 5.74. The van der Waals surface area contributed by atoms with Crippen LogP contribution in [-0.2, 0) is 10.8 Å². The molecule has 0 spiro atoms. The molecule has 9 rings (SSSR count). The van der Waals surface area contributed by atoms with Crippen molar-refractivity contribution < 1.29 is 0 Å². The van der Waals surface area contributed by atoms with Crippen LogP contribution in [0.25, 0.3) is 22.8 Å². The average molecular weight is 810 g/mol. The molecule has 0 radical (unpaired) electrons. The molecule has 0 saturated carbocycles. The predicted molar refractivity (Wildman–Crippen MR) is 238 cm³/mol. The van der Waals surface area contributed by atoms with Crippen LogP contribution in [0, 0.1) is 0 Å². The molecule has 6 aromatic rings. The number of allylic oxidation sites excluding steroid dienone is 6. The van der Waals surface area contributed by atoms with Gasteiger partial charge in [0.2, 0.25) is 0 Å². The summed E-state index contributed by atoms with van der Waals surface area (Å²) in [6, 6.07) is 56.5. The Labute approximate surface area is 334 Å². The zero-order chi connectivity index (χ0) is 36.7. The van der Waals surface area contributed by atoms with E-state index in [1.165, 1.54) is 72.6 Å². The molecule has 0 saturated heterocycles. The molecule has 264 valence electrons. The number of hydrogen-bond donors (Lipinski definition) is 0. The molecule has 2 heteroatoms. The first-order valence-corrected chi connectivity index (χ1v) is 20.5. The number of rotatable bonds is 9. The Morgan fingerprint density at radius 1 is 0.648 bits per heavy atom. The van der Waals surface area contributed by atoms with Gasteiger partial charge in [-0.3, -0.25) is 0 Å². The van der Waals surface area contributed by atoms with Gasteiger partial charge in [0.05, 0.1) is 5.41 Å². The average Bonchev–Trinajstić information content (AvgIpc) is 3.66. The number of anilines is 3. The predicted octanol–water partition coefficient (Wildman–Crippen LogP) is 14.7. The van der Waals surface area contributed by atoms with Gasteiger partial charge in [-0.1, -0.05) is 182 Å². The monoisotopic (exact) mass is 809 g/mol. The Morgan fingerprint density at radius 2 is 1.26 bits per heavy atom. The van der Waals surface area contributed by atoms with E-state index in [9.17, 15) is 0 Å². The van der Waals surface area contributed by atoms with Gasteiger partial charge >= 0.3 is 0 Å². The Bertz CT molecular complexity index is 2410. The fourth-order valence-electron chi connectivity index (χ4n) is 9.35. The lowest BCUT2D eigenvalue weighted by atomic mass is 9.65. The summed E-state index contributed by atoms with van der Waals surface area (Å²) in [6.45, 7) is 4.79. The second-order valence-corrected chi connectivity index (χ2v) is 16.0. The van der Waals surface area contributed by atoms with Crippen molar-refractivity contribution in [1.29, 1.82) is 0 Å². The summed E-state index contributed by atoms with van der Waals surface area (Å²) in [7, 11) is 0. The summed E-state index contributed by atoms with van der Waals surface area (Å²) >= 11 is 2.33. The van der Waals surface area contributed by atoms with Gasteiger partial charge in [0, 0.05) is 22.5 Å². The van der Waals surface area contributed by atoms with Gasteiger partial charge in [-0.05, 0) is 122 Å². The fourth-order valence-corrected chi connectivity index (χ4v) is 9.71. The minimum atomic E-state index is -0.342. The Hall–Kier alpha value is -5.19. The number of benzene rings is 6. The molecule has 3 aliphatic rings. The third-order valence-electron chi connectivity index (χ3n) is 12.0. The van der Waals surface area contributed by atoms with Crippen molar-refractivity contribution in [2.75, 3.05) is 4.90 Å². The maximum atomic E-state index is 2.47. The second-order valence-electron chi connectivity index (χ2n) is 15.3. The lowest BCUT2D eigenvalue weighted by Gasteiger charge is -2.36. The van der Waals surface area contributed by atoms with Gasteiger partial charge in [0.15, 0.2) is 0 Å². The lowest BCUT2D eigenvalue weighted by molar-refractivity contribution is 0.610. The molecule has 0 atom stereocenters. The summed E-state index contributed by atoms with van der Waals surface area (Å²) in [5.41, 5.74) is 18.0. The minimum Gasteiger partial charge on any atom is -0.310 e. The van der Waals surface area contributed by atoms with E-state index in [0.717, 1.165) is 31.4 Å². The van der Waals surface area contributed by atoms with E-state index in [4.69, 9.17) is 0 Å². The van der Waals surface area contributed by atoms with Gasteiger partial charge < -0.3 is 4.90 Å². The van der Waals surface area contributed by atoms with E-state index in [-0.39, 0.29) is 10.8 Å². The van der Waals surface area contributed by atoms with E-state index < -0.39 is 0 Å². The summed E-state index contributed by atoms with van der Waals surface area (Å²) in [5.74, 6) is 0. The molecular formula is C52H44IN. The van der Waals surface area contributed by atoms with E-state index >= 15 is 0 Å². The summed E-state index contributed by atoms with van der Waals surface area (Å²) in [4.78, 5) is 2.47. The summed E-state index contributed by atoms with van der Waals surface area (Å²) < 4.78 is 2.13. The first-order valence-electron chi connectivity index (χ1n) is 19.2. The van der Waals surface area contributed by atoms with Crippen LogP contribution in [0.2, 0.25) is 0 Å². The van der Waals surface area contributed by atoms with Crippen LogP contribution >= 0.6 is 22.6 Å². The molecule has 3 aliphatic carbocycles. The standard InChI is InChI=1S/C52H44IN/c1-51(2)42(22-14-15-33-53)34-39-27-30-45(36-50(39)51)54(43-28-25-38(26-29-43)37-16-6-3-7-17-37)44-31-32-49-47(35-44)46-23-12-13-24-48(46)52(49,40-18-8-4-9-19-40)41-20-10-5-11-21-41/h3-12,15-21,23,25-36H,13-14,22,24H2,1-2H3/b33-15-.